The minimum absolute atomic E-state index is 0.612. The molecule has 0 aliphatic carbocycles. The molecule has 1 aliphatic heterocycles. The summed E-state index contributed by atoms with van der Waals surface area (Å²) >= 11 is 5.49. The lowest BCUT2D eigenvalue weighted by Crippen LogP contribution is -2.40. The number of hydrogen-bond acceptors (Lipinski definition) is 3. The zero-order valence-corrected chi connectivity index (χ0v) is 13.7. The van der Waals surface area contributed by atoms with Gasteiger partial charge >= 0.3 is 0 Å². The number of halogens is 1. The molecule has 0 saturated carbocycles. The topological polar surface area (TPSA) is 15.3 Å². The maximum Gasteiger partial charge on any atom is 0.0342 e. The molecule has 0 amide bonds. The molecule has 4 heteroatoms. The number of nitrogens with zero attached hydrogens (tertiary/aromatic N) is 1. The van der Waals surface area contributed by atoms with Crippen LogP contribution in [0.4, 0.5) is 0 Å². The summed E-state index contributed by atoms with van der Waals surface area (Å²) in [5.41, 5.74) is 0. The number of hydrogen-bond donors (Lipinski definition) is 1. The van der Waals surface area contributed by atoms with Gasteiger partial charge in [0.15, 0.2) is 0 Å². The van der Waals surface area contributed by atoms with Gasteiger partial charge in [0.25, 0.3) is 0 Å². The van der Waals surface area contributed by atoms with Crippen LogP contribution in [0.3, 0.4) is 0 Å². The van der Waals surface area contributed by atoms with Crippen molar-refractivity contribution in [3.05, 3.63) is 20.8 Å². The normalized spacial score (nSPS) is 20.8. The third-order valence-corrected chi connectivity index (χ3v) is 5.57. The van der Waals surface area contributed by atoms with E-state index in [9.17, 15) is 0 Å². The van der Waals surface area contributed by atoms with Crippen LogP contribution < -0.4 is 5.32 Å². The Morgan fingerprint density at radius 3 is 2.94 bits per heavy atom. The number of thiophene rings is 1. The maximum absolute atomic E-state index is 3.64. The first-order valence-electron chi connectivity index (χ1n) is 6.83. The largest absolute Gasteiger partial charge is 0.316 e. The van der Waals surface area contributed by atoms with Crippen molar-refractivity contribution >= 4 is 27.3 Å². The molecule has 1 aromatic rings. The molecule has 1 fully saturated rings. The molecule has 1 aromatic heterocycles. The van der Waals surface area contributed by atoms with Crippen LogP contribution in [0.5, 0.6) is 0 Å². The van der Waals surface area contributed by atoms with E-state index in [2.05, 4.69) is 51.4 Å². The van der Waals surface area contributed by atoms with Gasteiger partial charge in [-0.05, 0) is 73.1 Å². The van der Waals surface area contributed by atoms with E-state index in [-0.39, 0.29) is 0 Å². The summed E-state index contributed by atoms with van der Waals surface area (Å²) in [4.78, 5) is 4.06. The summed E-state index contributed by atoms with van der Waals surface area (Å²) in [6.45, 7) is 9.29. The fourth-order valence-corrected chi connectivity index (χ4v) is 3.99. The Balaban J connectivity index is 1.93. The highest BCUT2D eigenvalue weighted by molar-refractivity contribution is 9.10. The Labute approximate surface area is 123 Å². The Hall–Kier alpha value is 0.1000. The third kappa shape index (κ3) is 4.05. The average molecular weight is 331 g/mol. The van der Waals surface area contributed by atoms with Gasteiger partial charge in [0.1, 0.15) is 0 Å². The third-order valence-electron chi connectivity index (χ3n) is 3.66. The molecule has 1 N–H and O–H groups in total. The molecule has 102 valence electrons. The highest BCUT2D eigenvalue weighted by atomic mass is 79.9. The fraction of sp³-hybridized carbons (Fsp3) is 0.714. The lowest BCUT2D eigenvalue weighted by Gasteiger charge is -2.32. The van der Waals surface area contributed by atoms with Crippen molar-refractivity contribution in [3.63, 3.8) is 0 Å². The molecule has 0 spiro atoms. The second-order valence-corrected chi connectivity index (χ2v) is 7.28. The Morgan fingerprint density at radius 1 is 1.56 bits per heavy atom. The van der Waals surface area contributed by atoms with Crippen molar-refractivity contribution in [2.75, 3.05) is 19.6 Å². The molecule has 0 bridgehead atoms. The number of nitrogens with one attached hydrogen (secondary N) is 1. The van der Waals surface area contributed by atoms with E-state index in [0.717, 1.165) is 12.5 Å². The van der Waals surface area contributed by atoms with Crippen LogP contribution in [-0.2, 0) is 6.54 Å². The quantitative estimate of drug-likeness (QED) is 0.885. The van der Waals surface area contributed by atoms with Gasteiger partial charge < -0.3 is 5.32 Å². The first kappa shape index (κ1) is 14.5. The monoisotopic (exact) mass is 330 g/mol. The Bertz CT molecular complexity index is 358. The van der Waals surface area contributed by atoms with E-state index in [1.165, 1.54) is 41.8 Å². The van der Waals surface area contributed by atoms with Crippen molar-refractivity contribution in [3.8, 4) is 0 Å². The lowest BCUT2D eigenvalue weighted by atomic mass is 9.98. The lowest BCUT2D eigenvalue weighted by molar-refractivity contribution is 0.165. The van der Waals surface area contributed by atoms with E-state index in [1.54, 1.807) is 0 Å². The summed E-state index contributed by atoms with van der Waals surface area (Å²) in [7, 11) is 0. The predicted octanol–water partition coefficient (Wildman–Crippen LogP) is 3.72. The second kappa shape index (κ2) is 7.04. The maximum atomic E-state index is 3.64. The molecule has 0 radical (unpaired) electrons. The average Bonchev–Trinajstić information content (AvgIpc) is 2.75. The van der Waals surface area contributed by atoms with Gasteiger partial charge in [0.05, 0.1) is 0 Å². The van der Waals surface area contributed by atoms with E-state index < -0.39 is 0 Å². The number of rotatable bonds is 5. The standard InChI is InChI=1S/C14H23BrN2S/c1-11(2)17(9-12-4-3-6-16-8-12)10-14-13(15)5-7-18-14/h5,7,11-12,16H,3-4,6,8-10H2,1-2H3. The van der Waals surface area contributed by atoms with Gasteiger partial charge in [-0.2, -0.15) is 0 Å². The predicted molar refractivity (Wildman–Crippen MR) is 83.2 cm³/mol. The Kier molecular flexibility index (Phi) is 5.67. The zero-order chi connectivity index (χ0) is 13.0. The molecule has 1 saturated heterocycles. The second-order valence-electron chi connectivity index (χ2n) is 5.43. The van der Waals surface area contributed by atoms with Gasteiger partial charge in [-0.15, -0.1) is 11.3 Å². The summed E-state index contributed by atoms with van der Waals surface area (Å²) in [6.07, 6.45) is 2.71. The first-order valence-corrected chi connectivity index (χ1v) is 8.50. The minimum atomic E-state index is 0.612. The van der Waals surface area contributed by atoms with Crippen LogP contribution in [0, 0.1) is 5.92 Å². The van der Waals surface area contributed by atoms with Crippen LogP contribution in [0.2, 0.25) is 0 Å². The van der Waals surface area contributed by atoms with Gasteiger partial charge in [-0.25, -0.2) is 0 Å². The molecule has 2 rings (SSSR count). The van der Waals surface area contributed by atoms with E-state index in [4.69, 9.17) is 0 Å². The highest BCUT2D eigenvalue weighted by Gasteiger charge is 2.19. The minimum Gasteiger partial charge on any atom is -0.316 e. The summed E-state index contributed by atoms with van der Waals surface area (Å²) in [6, 6.07) is 2.77. The molecule has 0 aromatic carbocycles. The van der Waals surface area contributed by atoms with Crippen molar-refractivity contribution in [1.29, 1.82) is 0 Å². The van der Waals surface area contributed by atoms with E-state index in [1.807, 2.05) is 11.3 Å². The van der Waals surface area contributed by atoms with Crippen LogP contribution in [-0.4, -0.2) is 30.6 Å². The van der Waals surface area contributed by atoms with Crippen molar-refractivity contribution in [2.45, 2.75) is 39.3 Å². The smallest absolute Gasteiger partial charge is 0.0342 e. The molecule has 1 atom stereocenters. The van der Waals surface area contributed by atoms with Gasteiger partial charge in [-0.3, -0.25) is 4.90 Å². The van der Waals surface area contributed by atoms with E-state index in [0.29, 0.717) is 6.04 Å². The van der Waals surface area contributed by atoms with Crippen LogP contribution >= 0.6 is 27.3 Å². The van der Waals surface area contributed by atoms with Crippen LogP contribution in [0.15, 0.2) is 15.9 Å². The summed E-state index contributed by atoms with van der Waals surface area (Å²) in [5.74, 6) is 0.819. The molecular weight excluding hydrogens is 308 g/mol. The number of piperidine rings is 1. The zero-order valence-electron chi connectivity index (χ0n) is 11.3. The molecular formula is C14H23BrN2S. The van der Waals surface area contributed by atoms with Crippen molar-refractivity contribution < 1.29 is 0 Å². The molecule has 18 heavy (non-hydrogen) atoms. The molecule has 1 aliphatic rings. The summed E-state index contributed by atoms with van der Waals surface area (Å²) in [5, 5.41) is 5.68. The van der Waals surface area contributed by atoms with Gasteiger partial charge in [-0.1, -0.05) is 0 Å². The van der Waals surface area contributed by atoms with Crippen molar-refractivity contribution in [1.82, 2.24) is 10.2 Å². The Morgan fingerprint density at radius 2 is 2.39 bits per heavy atom. The highest BCUT2D eigenvalue weighted by Crippen LogP contribution is 2.25. The van der Waals surface area contributed by atoms with Gasteiger partial charge in [0.2, 0.25) is 0 Å². The molecule has 2 heterocycles. The first-order chi connectivity index (χ1) is 8.66. The van der Waals surface area contributed by atoms with Crippen LogP contribution in [0.1, 0.15) is 31.6 Å². The SMILES string of the molecule is CC(C)N(Cc1sccc1Br)CC1CCCNC1. The van der Waals surface area contributed by atoms with Gasteiger partial charge in [0, 0.05) is 28.5 Å². The molecule has 2 nitrogen and oxygen atoms in total. The molecule has 1 unspecified atom stereocenters. The van der Waals surface area contributed by atoms with E-state index >= 15 is 0 Å². The van der Waals surface area contributed by atoms with Crippen LogP contribution in [0.25, 0.3) is 0 Å². The summed E-state index contributed by atoms with van der Waals surface area (Å²) < 4.78 is 1.26. The fourth-order valence-electron chi connectivity index (χ4n) is 2.49. The van der Waals surface area contributed by atoms with Crippen molar-refractivity contribution in [2.24, 2.45) is 5.92 Å².